The third-order valence-electron chi connectivity index (χ3n) is 2.08. The Morgan fingerprint density at radius 3 is 2.88 bits per heavy atom. The van der Waals surface area contributed by atoms with Crippen molar-refractivity contribution in [1.29, 1.82) is 5.26 Å². The summed E-state index contributed by atoms with van der Waals surface area (Å²) in [6.45, 7) is 1.59. The van der Waals surface area contributed by atoms with Gasteiger partial charge in [-0.05, 0) is 25.1 Å². The van der Waals surface area contributed by atoms with E-state index in [0.29, 0.717) is 5.69 Å². The van der Waals surface area contributed by atoms with Crippen LogP contribution in [0.4, 0.5) is 10.1 Å². The number of amides is 1. The van der Waals surface area contributed by atoms with Gasteiger partial charge in [0.15, 0.2) is 0 Å². The van der Waals surface area contributed by atoms with Crippen molar-refractivity contribution in [1.82, 2.24) is 0 Å². The number of halogens is 1. The summed E-state index contributed by atoms with van der Waals surface area (Å²) in [7, 11) is 1.41. The van der Waals surface area contributed by atoms with Crippen LogP contribution in [0.25, 0.3) is 0 Å². The average Bonchev–Trinajstić information content (AvgIpc) is 2.30. The van der Waals surface area contributed by atoms with Gasteiger partial charge >= 0.3 is 0 Å². The number of ether oxygens (including phenoxy) is 1. The Labute approximate surface area is 92.6 Å². The molecule has 0 radical (unpaired) electrons. The summed E-state index contributed by atoms with van der Waals surface area (Å²) in [5.74, 6) is -0.960. The van der Waals surface area contributed by atoms with Crippen molar-refractivity contribution < 1.29 is 13.9 Å². The molecule has 1 aromatic rings. The summed E-state index contributed by atoms with van der Waals surface area (Å²) in [6.07, 6.45) is -0.601. The minimum absolute atomic E-state index is 0.108. The molecule has 0 spiro atoms. The molecule has 0 bridgehead atoms. The maximum atomic E-state index is 13.0. The van der Waals surface area contributed by atoms with Gasteiger partial charge in [0.05, 0.1) is 5.56 Å². The van der Waals surface area contributed by atoms with Gasteiger partial charge in [0.25, 0.3) is 5.91 Å². The molecular formula is C11H11FN2O2. The quantitative estimate of drug-likeness (QED) is 0.846. The Hall–Kier alpha value is -1.93. The second-order valence-corrected chi connectivity index (χ2v) is 3.17. The predicted octanol–water partition coefficient (Wildman–Crippen LogP) is 1.67. The highest BCUT2D eigenvalue weighted by atomic mass is 19.1. The fourth-order valence-electron chi connectivity index (χ4n) is 1.04. The number of rotatable bonds is 3. The monoisotopic (exact) mass is 222 g/mol. The highest BCUT2D eigenvalue weighted by molar-refractivity contribution is 5.94. The van der Waals surface area contributed by atoms with Crippen LogP contribution < -0.4 is 5.32 Å². The first kappa shape index (κ1) is 12.1. The third kappa shape index (κ3) is 2.78. The van der Waals surface area contributed by atoms with Crippen LogP contribution in [0.2, 0.25) is 0 Å². The van der Waals surface area contributed by atoms with Gasteiger partial charge in [-0.25, -0.2) is 4.39 Å². The normalized spacial score (nSPS) is 11.6. The van der Waals surface area contributed by atoms with Gasteiger partial charge in [-0.1, -0.05) is 0 Å². The number of hydrogen-bond donors (Lipinski definition) is 1. The van der Waals surface area contributed by atoms with Crippen LogP contribution in [0.1, 0.15) is 12.5 Å². The van der Waals surface area contributed by atoms with E-state index in [9.17, 15) is 9.18 Å². The zero-order chi connectivity index (χ0) is 12.1. The Bertz CT molecular complexity index is 440. The predicted molar refractivity (Wildman–Crippen MR) is 56.2 cm³/mol. The number of benzene rings is 1. The molecule has 0 aromatic heterocycles. The minimum Gasteiger partial charge on any atom is -0.372 e. The Morgan fingerprint density at radius 2 is 2.31 bits per heavy atom. The van der Waals surface area contributed by atoms with Gasteiger partial charge in [0, 0.05) is 12.8 Å². The number of methoxy groups -OCH3 is 1. The number of carbonyl (C=O) groups is 1. The van der Waals surface area contributed by atoms with Crippen LogP contribution in [0.15, 0.2) is 18.2 Å². The van der Waals surface area contributed by atoms with Crippen LogP contribution in [-0.2, 0) is 9.53 Å². The lowest BCUT2D eigenvalue weighted by molar-refractivity contribution is -0.124. The number of nitriles is 1. The van der Waals surface area contributed by atoms with E-state index in [1.165, 1.54) is 19.2 Å². The van der Waals surface area contributed by atoms with E-state index in [-0.39, 0.29) is 11.5 Å². The van der Waals surface area contributed by atoms with Crippen molar-refractivity contribution in [2.24, 2.45) is 0 Å². The second-order valence-electron chi connectivity index (χ2n) is 3.17. The summed E-state index contributed by atoms with van der Waals surface area (Å²) in [6, 6.07) is 5.48. The Balaban J connectivity index is 2.83. The average molecular weight is 222 g/mol. The third-order valence-corrected chi connectivity index (χ3v) is 2.08. The molecule has 1 rings (SSSR count). The van der Waals surface area contributed by atoms with Crippen molar-refractivity contribution >= 4 is 11.6 Å². The largest absolute Gasteiger partial charge is 0.372 e. The van der Waals surface area contributed by atoms with E-state index in [4.69, 9.17) is 10.00 Å². The smallest absolute Gasteiger partial charge is 0.253 e. The van der Waals surface area contributed by atoms with Crippen molar-refractivity contribution in [3.8, 4) is 6.07 Å². The van der Waals surface area contributed by atoms with Crippen molar-refractivity contribution in [2.75, 3.05) is 12.4 Å². The molecular weight excluding hydrogens is 211 g/mol. The van der Waals surface area contributed by atoms with E-state index in [2.05, 4.69) is 5.32 Å². The summed E-state index contributed by atoms with van der Waals surface area (Å²) in [5, 5.41) is 11.1. The molecule has 1 amide bonds. The molecule has 5 heteroatoms. The molecule has 4 nitrogen and oxygen atoms in total. The molecule has 0 heterocycles. The lowest BCUT2D eigenvalue weighted by atomic mass is 10.2. The van der Waals surface area contributed by atoms with Crippen LogP contribution in [0.5, 0.6) is 0 Å². The molecule has 1 unspecified atom stereocenters. The van der Waals surface area contributed by atoms with E-state index >= 15 is 0 Å². The molecule has 84 valence electrons. The molecule has 0 saturated carbocycles. The minimum atomic E-state index is -0.611. The summed E-state index contributed by atoms with van der Waals surface area (Å²) in [5.41, 5.74) is 0.259. The van der Waals surface area contributed by atoms with Crippen molar-refractivity contribution in [3.63, 3.8) is 0 Å². The van der Waals surface area contributed by atoms with Gasteiger partial charge in [-0.3, -0.25) is 4.79 Å². The molecule has 0 saturated heterocycles. The number of hydrogen-bond acceptors (Lipinski definition) is 3. The molecule has 0 aliphatic rings. The maximum Gasteiger partial charge on any atom is 0.253 e. The maximum absolute atomic E-state index is 13.0. The standard InChI is InChI=1S/C11H11FN2O2/c1-7(16-2)11(15)14-9-3-4-10(12)8(5-9)6-13/h3-5,7H,1-2H3,(H,14,15). The first-order chi connectivity index (χ1) is 7.58. The lowest BCUT2D eigenvalue weighted by Crippen LogP contribution is -2.26. The van der Waals surface area contributed by atoms with Crippen molar-refractivity contribution in [2.45, 2.75) is 13.0 Å². The van der Waals surface area contributed by atoms with Crippen LogP contribution in [0.3, 0.4) is 0 Å². The first-order valence-electron chi connectivity index (χ1n) is 4.61. The van der Waals surface area contributed by atoms with Crippen LogP contribution in [-0.4, -0.2) is 19.1 Å². The van der Waals surface area contributed by atoms with Crippen LogP contribution in [0, 0.1) is 17.1 Å². The van der Waals surface area contributed by atoms with Gasteiger partial charge < -0.3 is 10.1 Å². The van der Waals surface area contributed by atoms with Gasteiger partial charge in [0.2, 0.25) is 0 Å². The van der Waals surface area contributed by atoms with E-state index in [1.807, 2.05) is 0 Å². The molecule has 1 aromatic carbocycles. The molecule has 16 heavy (non-hydrogen) atoms. The summed E-state index contributed by atoms with van der Waals surface area (Å²) < 4.78 is 17.8. The number of carbonyl (C=O) groups excluding carboxylic acids is 1. The van der Waals surface area contributed by atoms with Crippen molar-refractivity contribution in [3.05, 3.63) is 29.6 Å². The zero-order valence-electron chi connectivity index (χ0n) is 8.95. The topological polar surface area (TPSA) is 62.1 Å². The van der Waals surface area contributed by atoms with Crippen LogP contribution >= 0.6 is 0 Å². The Kier molecular flexibility index (Phi) is 3.97. The number of nitrogens with zero attached hydrogens (tertiary/aromatic N) is 1. The van der Waals surface area contributed by atoms with Gasteiger partial charge in [-0.2, -0.15) is 5.26 Å². The number of anilines is 1. The molecule has 1 N–H and O–H groups in total. The second kappa shape index (κ2) is 5.24. The SMILES string of the molecule is COC(C)C(=O)Nc1ccc(F)c(C#N)c1. The highest BCUT2D eigenvalue weighted by Gasteiger charge is 2.12. The number of nitrogens with one attached hydrogen (secondary N) is 1. The zero-order valence-corrected chi connectivity index (χ0v) is 8.95. The van der Waals surface area contributed by atoms with E-state index in [0.717, 1.165) is 6.07 Å². The molecule has 1 atom stereocenters. The molecule has 0 aliphatic carbocycles. The molecule has 0 aliphatic heterocycles. The highest BCUT2D eigenvalue weighted by Crippen LogP contribution is 2.14. The summed E-state index contributed by atoms with van der Waals surface area (Å²) >= 11 is 0. The Morgan fingerprint density at radius 1 is 1.62 bits per heavy atom. The molecule has 0 fully saturated rings. The van der Waals surface area contributed by atoms with Gasteiger partial charge in [-0.15, -0.1) is 0 Å². The lowest BCUT2D eigenvalue weighted by Gasteiger charge is -2.10. The fourth-order valence-corrected chi connectivity index (χ4v) is 1.04. The van der Waals surface area contributed by atoms with E-state index < -0.39 is 11.9 Å². The van der Waals surface area contributed by atoms with Gasteiger partial charge in [0.1, 0.15) is 18.0 Å². The fraction of sp³-hybridized carbons (Fsp3) is 0.273. The first-order valence-corrected chi connectivity index (χ1v) is 4.61. The summed E-state index contributed by atoms with van der Waals surface area (Å²) in [4.78, 5) is 11.4. The van der Waals surface area contributed by atoms with E-state index in [1.54, 1.807) is 13.0 Å².